The molecule has 1 rings (SSSR count). The molecule has 4 heteroatoms. The second-order valence-corrected chi connectivity index (χ2v) is 5.02. The molecule has 0 spiro atoms. The minimum Gasteiger partial charge on any atom is -0.461 e. The molecule has 0 saturated carbocycles. The number of aromatic nitrogens is 1. The molecule has 1 N–H and O–H groups in total. The monoisotopic (exact) mass is 225 g/mol. The third-order valence-electron chi connectivity index (χ3n) is 1.66. The standard InChI is InChI=1S/C11H15NO2S/c1-11(2,3)7-14-10(13)8-4-5-9(15)12-6-8/h4-6H,7H2,1-3H3,(H,12,15). The van der Waals surface area contributed by atoms with E-state index in [1.165, 1.54) is 0 Å². The van der Waals surface area contributed by atoms with Crippen molar-refractivity contribution >= 4 is 18.2 Å². The normalized spacial score (nSPS) is 11.1. The molecular formula is C11H15NO2S. The van der Waals surface area contributed by atoms with E-state index in [1.807, 2.05) is 20.8 Å². The molecule has 0 radical (unpaired) electrons. The summed E-state index contributed by atoms with van der Waals surface area (Å²) in [5, 5.41) is 0. The summed E-state index contributed by atoms with van der Waals surface area (Å²) in [5.74, 6) is -0.323. The first-order valence-electron chi connectivity index (χ1n) is 4.74. The Labute approximate surface area is 94.5 Å². The lowest BCUT2D eigenvalue weighted by atomic mass is 9.99. The summed E-state index contributed by atoms with van der Waals surface area (Å²) < 4.78 is 5.74. The molecule has 0 aliphatic heterocycles. The second kappa shape index (κ2) is 4.57. The first-order chi connectivity index (χ1) is 6.88. The molecule has 0 unspecified atom stereocenters. The Morgan fingerprint density at radius 2 is 2.13 bits per heavy atom. The largest absolute Gasteiger partial charge is 0.461 e. The van der Waals surface area contributed by atoms with E-state index >= 15 is 0 Å². The highest BCUT2D eigenvalue weighted by molar-refractivity contribution is 7.71. The lowest BCUT2D eigenvalue weighted by Crippen LogP contribution is -2.18. The maximum absolute atomic E-state index is 11.5. The molecule has 1 heterocycles. The number of rotatable bonds is 2. The molecule has 0 saturated heterocycles. The number of hydrogen-bond acceptors (Lipinski definition) is 3. The molecule has 0 atom stereocenters. The number of pyridine rings is 1. The molecule has 3 nitrogen and oxygen atoms in total. The highest BCUT2D eigenvalue weighted by atomic mass is 32.1. The molecule has 0 aromatic carbocycles. The Bertz CT molecular complexity index is 383. The van der Waals surface area contributed by atoms with Gasteiger partial charge in [-0.3, -0.25) is 0 Å². The van der Waals surface area contributed by atoms with Crippen LogP contribution in [0.4, 0.5) is 0 Å². The maximum Gasteiger partial charge on any atom is 0.339 e. The van der Waals surface area contributed by atoms with Gasteiger partial charge in [-0.15, -0.1) is 0 Å². The van der Waals surface area contributed by atoms with E-state index < -0.39 is 0 Å². The topological polar surface area (TPSA) is 42.1 Å². The van der Waals surface area contributed by atoms with Crippen LogP contribution in [-0.2, 0) is 4.74 Å². The van der Waals surface area contributed by atoms with E-state index in [1.54, 1.807) is 18.3 Å². The molecule has 0 aliphatic carbocycles. The number of hydrogen-bond donors (Lipinski definition) is 1. The average Bonchev–Trinajstić information content (AvgIpc) is 2.14. The number of aromatic amines is 1. The Morgan fingerprint density at radius 3 is 2.60 bits per heavy atom. The number of carbonyl (C=O) groups excluding carboxylic acids is 1. The van der Waals surface area contributed by atoms with Gasteiger partial charge in [0, 0.05) is 6.20 Å². The minimum atomic E-state index is -0.323. The van der Waals surface area contributed by atoms with Crippen molar-refractivity contribution in [3.05, 3.63) is 28.5 Å². The zero-order chi connectivity index (χ0) is 11.5. The highest BCUT2D eigenvalue weighted by Gasteiger charge is 2.14. The number of nitrogens with one attached hydrogen (secondary N) is 1. The van der Waals surface area contributed by atoms with Gasteiger partial charge in [-0.05, 0) is 17.5 Å². The smallest absolute Gasteiger partial charge is 0.339 e. The molecule has 82 valence electrons. The SMILES string of the molecule is CC(C)(C)COC(=O)c1ccc(=S)[nH]c1. The van der Waals surface area contributed by atoms with Gasteiger partial charge < -0.3 is 9.72 Å². The van der Waals surface area contributed by atoms with Crippen molar-refractivity contribution in [2.45, 2.75) is 20.8 Å². The van der Waals surface area contributed by atoms with E-state index in [0.717, 1.165) is 0 Å². The summed E-state index contributed by atoms with van der Waals surface area (Å²) in [4.78, 5) is 14.3. The van der Waals surface area contributed by atoms with Crippen molar-refractivity contribution in [2.24, 2.45) is 5.41 Å². The summed E-state index contributed by atoms with van der Waals surface area (Å²) in [6.45, 7) is 6.44. The van der Waals surface area contributed by atoms with Gasteiger partial charge in [0.15, 0.2) is 0 Å². The quantitative estimate of drug-likeness (QED) is 0.621. The summed E-state index contributed by atoms with van der Waals surface area (Å²) in [7, 11) is 0. The van der Waals surface area contributed by atoms with Crippen molar-refractivity contribution in [1.29, 1.82) is 0 Å². The van der Waals surface area contributed by atoms with Gasteiger partial charge in [-0.25, -0.2) is 4.79 Å². The first kappa shape index (κ1) is 11.9. The molecule has 0 aliphatic rings. The molecule has 0 bridgehead atoms. The lowest BCUT2D eigenvalue weighted by Gasteiger charge is -2.17. The molecule has 0 amide bonds. The first-order valence-corrected chi connectivity index (χ1v) is 5.15. The fourth-order valence-electron chi connectivity index (χ4n) is 0.903. The predicted octanol–water partition coefficient (Wildman–Crippen LogP) is 2.95. The van der Waals surface area contributed by atoms with Crippen LogP contribution in [0.5, 0.6) is 0 Å². The average molecular weight is 225 g/mol. The molecule has 15 heavy (non-hydrogen) atoms. The van der Waals surface area contributed by atoms with Crippen molar-refractivity contribution < 1.29 is 9.53 Å². The number of esters is 1. The molecule has 1 aromatic heterocycles. The molecule has 0 fully saturated rings. The fourth-order valence-corrected chi connectivity index (χ4v) is 1.03. The van der Waals surface area contributed by atoms with Gasteiger partial charge in [0.05, 0.1) is 12.2 Å². The van der Waals surface area contributed by atoms with E-state index in [-0.39, 0.29) is 11.4 Å². The number of carbonyl (C=O) groups is 1. The zero-order valence-corrected chi connectivity index (χ0v) is 9.98. The Morgan fingerprint density at radius 1 is 1.47 bits per heavy atom. The molecule has 1 aromatic rings. The van der Waals surface area contributed by atoms with Crippen LogP contribution in [0.2, 0.25) is 0 Å². The van der Waals surface area contributed by atoms with Gasteiger partial charge in [-0.2, -0.15) is 0 Å². The third kappa shape index (κ3) is 4.25. The summed E-state index contributed by atoms with van der Waals surface area (Å²) >= 11 is 4.87. The summed E-state index contributed by atoms with van der Waals surface area (Å²) in [5.41, 5.74) is 0.477. The van der Waals surface area contributed by atoms with Gasteiger partial charge in [0.2, 0.25) is 0 Å². The lowest BCUT2D eigenvalue weighted by molar-refractivity contribution is 0.0366. The van der Waals surface area contributed by atoms with Gasteiger partial charge >= 0.3 is 5.97 Å². The Kier molecular flexibility index (Phi) is 3.63. The third-order valence-corrected chi connectivity index (χ3v) is 1.91. The number of H-pyrrole nitrogens is 1. The van der Waals surface area contributed by atoms with E-state index in [0.29, 0.717) is 16.8 Å². The zero-order valence-electron chi connectivity index (χ0n) is 9.16. The van der Waals surface area contributed by atoms with Crippen LogP contribution in [0.3, 0.4) is 0 Å². The van der Waals surface area contributed by atoms with Gasteiger partial charge in [0.1, 0.15) is 4.64 Å². The minimum absolute atomic E-state index is 0.0165. The van der Waals surface area contributed by atoms with Gasteiger partial charge in [-0.1, -0.05) is 33.0 Å². The fraction of sp³-hybridized carbons (Fsp3) is 0.455. The van der Waals surface area contributed by atoms with E-state index in [4.69, 9.17) is 17.0 Å². The number of ether oxygens (including phenoxy) is 1. The van der Waals surface area contributed by atoms with Crippen LogP contribution in [0.25, 0.3) is 0 Å². The summed E-state index contributed by atoms with van der Waals surface area (Å²) in [6.07, 6.45) is 1.56. The van der Waals surface area contributed by atoms with Crippen LogP contribution in [0.1, 0.15) is 31.1 Å². The Balaban J connectivity index is 2.62. The van der Waals surface area contributed by atoms with Gasteiger partial charge in [0.25, 0.3) is 0 Å². The predicted molar refractivity (Wildman–Crippen MR) is 61.4 cm³/mol. The van der Waals surface area contributed by atoms with Crippen molar-refractivity contribution in [1.82, 2.24) is 4.98 Å². The van der Waals surface area contributed by atoms with Crippen LogP contribution in [0.15, 0.2) is 18.3 Å². The van der Waals surface area contributed by atoms with E-state index in [2.05, 4.69) is 4.98 Å². The second-order valence-electron chi connectivity index (χ2n) is 4.58. The van der Waals surface area contributed by atoms with Crippen molar-refractivity contribution in [2.75, 3.05) is 6.61 Å². The van der Waals surface area contributed by atoms with Crippen LogP contribution >= 0.6 is 12.2 Å². The van der Waals surface area contributed by atoms with Crippen LogP contribution < -0.4 is 0 Å². The summed E-state index contributed by atoms with van der Waals surface area (Å²) in [6, 6.07) is 3.33. The van der Waals surface area contributed by atoms with Crippen LogP contribution in [-0.4, -0.2) is 17.6 Å². The highest BCUT2D eigenvalue weighted by Crippen LogP contribution is 2.14. The maximum atomic E-state index is 11.5. The van der Waals surface area contributed by atoms with E-state index in [9.17, 15) is 4.79 Å². The Hall–Kier alpha value is -1.16. The van der Waals surface area contributed by atoms with Crippen LogP contribution in [0, 0.1) is 10.1 Å². The molecular weight excluding hydrogens is 210 g/mol. The van der Waals surface area contributed by atoms with Crippen molar-refractivity contribution in [3.63, 3.8) is 0 Å². The van der Waals surface area contributed by atoms with Crippen molar-refractivity contribution in [3.8, 4) is 0 Å².